The lowest BCUT2D eigenvalue weighted by Gasteiger charge is -2.19. The van der Waals surface area contributed by atoms with Crippen molar-refractivity contribution in [3.63, 3.8) is 0 Å². The Morgan fingerprint density at radius 1 is 1.32 bits per heavy atom. The van der Waals surface area contributed by atoms with Crippen LogP contribution in [0.1, 0.15) is 5.56 Å². The predicted octanol–water partition coefficient (Wildman–Crippen LogP) is 2.11. The zero-order valence-electron chi connectivity index (χ0n) is 10.1. The van der Waals surface area contributed by atoms with Crippen LogP contribution in [0.25, 0.3) is 11.5 Å². The standard InChI is InChI=1S/C11H10F3N3O2/c1-17(2)8-4-3-6(5-7(8)11(12,13)14)9-15-16-10(18)19-9/h3-5H,1-2H3,(H,16,18). The molecule has 2 rings (SSSR count). The molecule has 8 heteroatoms. The van der Waals surface area contributed by atoms with Gasteiger partial charge in [-0.1, -0.05) is 0 Å². The molecule has 0 atom stereocenters. The number of hydrogen-bond acceptors (Lipinski definition) is 4. The zero-order chi connectivity index (χ0) is 14.2. The van der Waals surface area contributed by atoms with Crippen molar-refractivity contribution in [1.82, 2.24) is 10.2 Å². The molecule has 19 heavy (non-hydrogen) atoms. The Morgan fingerprint density at radius 2 is 2.00 bits per heavy atom. The first-order valence-corrected chi connectivity index (χ1v) is 5.23. The number of H-pyrrole nitrogens is 1. The molecule has 0 radical (unpaired) electrons. The number of alkyl halides is 3. The molecule has 0 aliphatic carbocycles. The Hall–Kier alpha value is -2.25. The summed E-state index contributed by atoms with van der Waals surface area (Å²) >= 11 is 0. The highest BCUT2D eigenvalue weighted by atomic mass is 19.4. The van der Waals surface area contributed by atoms with Gasteiger partial charge >= 0.3 is 11.9 Å². The van der Waals surface area contributed by atoms with Gasteiger partial charge in [-0.2, -0.15) is 13.2 Å². The first-order valence-electron chi connectivity index (χ1n) is 5.23. The highest BCUT2D eigenvalue weighted by molar-refractivity contribution is 5.64. The Bertz CT molecular complexity index is 643. The molecular weight excluding hydrogens is 263 g/mol. The van der Waals surface area contributed by atoms with Crippen molar-refractivity contribution in [2.45, 2.75) is 6.18 Å². The van der Waals surface area contributed by atoms with Crippen molar-refractivity contribution in [3.05, 3.63) is 34.3 Å². The van der Waals surface area contributed by atoms with Gasteiger partial charge in [0, 0.05) is 25.3 Å². The molecule has 2 aromatic rings. The van der Waals surface area contributed by atoms with E-state index in [1.165, 1.54) is 31.1 Å². The number of anilines is 1. The fourth-order valence-corrected chi connectivity index (χ4v) is 1.64. The predicted molar refractivity (Wildman–Crippen MR) is 61.9 cm³/mol. The van der Waals surface area contributed by atoms with Crippen molar-refractivity contribution in [1.29, 1.82) is 0 Å². The van der Waals surface area contributed by atoms with Gasteiger partial charge in [0.05, 0.1) is 5.56 Å². The summed E-state index contributed by atoms with van der Waals surface area (Å²) in [5, 5.41) is 5.50. The quantitative estimate of drug-likeness (QED) is 0.910. The number of aromatic amines is 1. The summed E-state index contributed by atoms with van der Waals surface area (Å²) in [6.45, 7) is 0. The van der Waals surface area contributed by atoms with Crippen LogP contribution in [-0.4, -0.2) is 24.3 Å². The summed E-state index contributed by atoms with van der Waals surface area (Å²) in [6, 6.07) is 3.60. The fraction of sp³-hybridized carbons (Fsp3) is 0.273. The van der Waals surface area contributed by atoms with Gasteiger partial charge in [0.15, 0.2) is 0 Å². The molecule has 5 nitrogen and oxygen atoms in total. The van der Waals surface area contributed by atoms with E-state index in [0.29, 0.717) is 0 Å². The number of nitrogens with zero attached hydrogens (tertiary/aromatic N) is 2. The maximum Gasteiger partial charge on any atom is 0.434 e. The second kappa shape index (κ2) is 4.45. The summed E-state index contributed by atoms with van der Waals surface area (Å²) in [6.07, 6.45) is -4.51. The Labute approximate surface area is 105 Å². The van der Waals surface area contributed by atoms with Gasteiger partial charge in [0.1, 0.15) is 0 Å². The topological polar surface area (TPSA) is 62.1 Å². The average molecular weight is 273 g/mol. The molecule has 0 spiro atoms. The van der Waals surface area contributed by atoms with E-state index in [4.69, 9.17) is 0 Å². The lowest BCUT2D eigenvalue weighted by Crippen LogP contribution is -2.16. The van der Waals surface area contributed by atoms with Gasteiger partial charge in [-0.05, 0) is 18.2 Å². The van der Waals surface area contributed by atoms with Gasteiger partial charge in [-0.3, -0.25) is 0 Å². The van der Waals surface area contributed by atoms with Crippen molar-refractivity contribution >= 4 is 5.69 Å². The third kappa shape index (κ3) is 2.61. The van der Waals surface area contributed by atoms with Gasteiger partial charge in [0.2, 0.25) is 5.89 Å². The van der Waals surface area contributed by atoms with Crippen molar-refractivity contribution in [2.24, 2.45) is 0 Å². The molecule has 0 saturated heterocycles. The van der Waals surface area contributed by atoms with E-state index in [-0.39, 0.29) is 17.1 Å². The SMILES string of the molecule is CN(C)c1ccc(-c2n[nH]c(=O)o2)cc1C(F)(F)F. The van der Waals surface area contributed by atoms with E-state index >= 15 is 0 Å². The van der Waals surface area contributed by atoms with Crippen molar-refractivity contribution in [2.75, 3.05) is 19.0 Å². The molecule has 0 fully saturated rings. The average Bonchev–Trinajstić information content (AvgIpc) is 2.74. The van der Waals surface area contributed by atoms with Crippen LogP contribution in [0, 0.1) is 0 Å². The Balaban J connectivity index is 2.59. The first kappa shape index (κ1) is 13.2. The van der Waals surface area contributed by atoms with Gasteiger partial charge in [-0.25, -0.2) is 9.89 Å². The van der Waals surface area contributed by atoms with Crippen LogP contribution >= 0.6 is 0 Å². The minimum atomic E-state index is -4.51. The third-order valence-corrected chi connectivity index (χ3v) is 2.47. The maximum atomic E-state index is 13.0. The second-order valence-electron chi connectivity index (χ2n) is 4.04. The molecule has 0 aliphatic rings. The molecule has 0 amide bonds. The van der Waals surface area contributed by atoms with Crippen LogP contribution < -0.4 is 10.7 Å². The number of aromatic nitrogens is 2. The molecular formula is C11H10F3N3O2. The highest BCUT2D eigenvalue weighted by Gasteiger charge is 2.34. The fourth-order valence-electron chi connectivity index (χ4n) is 1.64. The van der Waals surface area contributed by atoms with Gasteiger partial charge in [-0.15, -0.1) is 5.10 Å². The van der Waals surface area contributed by atoms with Gasteiger partial charge in [0.25, 0.3) is 0 Å². The van der Waals surface area contributed by atoms with Crippen LogP contribution in [0.4, 0.5) is 18.9 Å². The van der Waals surface area contributed by atoms with E-state index in [9.17, 15) is 18.0 Å². The summed E-state index contributed by atoms with van der Waals surface area (Å²) in [5.74, 6) is -0.999. The van der Waals surface area contributed by atoms with Crippen LogP contribution in [0.5, 0.6) is 0 Å². The van der Waals surface area contributed by atoms with E-state index in [1.54, 1.807) is 0 Å². The van der Waals surface area contributed by atoms with Crippen molar-refractivity contribution < 1.29 is 17.6 Å². The van der Waals surface area contributed by atoms with E-state index in [2.05, 4.69) is 9.52 Å². The molecule has 1 heterocycles. The monoisotopic (exact) mass is 273 g/mol. The first-order chi connectivity index (χ1) is 8.79. The molecule has 1 aromatic heterocycles. The third-order valence-electron chi connectivity index (χ3n) is 2.47. The number of hydrogen-bond donors (Lipinski definition) is 1. The number of rotatable bonds is 2. The van der Waals surface area contributed by atoms with Crippen LogP contribution in [-0.2, 0) is 6.18 Å². The summed E-state index contributed by atoms with van der Waals surface area (Å²) in [5.41, 5.74) is -0.717. The minimum absolute atomic E-state index is 0.0223. The van der Waals surface area contributed by atoms with E-state index < -0.39 is 17.5 Å². The van der Waals surface area contributed by atoms with E-state index in [1.807, 2.05) is 5.10 Å². The van der Waals surface area contributed by atoms with Crippen LogP contribution in [0.15, 0.2) is 27.4 Å². The smallest absolute Gasteiger partial charge is 0.388 e. The molecule has 0 unspecified atom stereocenters. The van der Waals surface area contributed by atoms with Crippen molar-refractivity contribution in [3.8, 4) is 11.5 Å². The minimum Gasteiger partial charge on any atom is -0.388 e. The zero-order valence-corrected chi connectivity index (χ0v) is 10.1. The van der Waals surface area contributed by atoms with Crippen LogP contribution in [0.3, 0.4) is 0 Å². The molecule has 102 valence electrons. The molecule has 0 bridgehead atoms. The number of benzene rings is 1. The number of halogens is 3. The number of nitrogens with one attached hydrogen (secondary N) is 1. The maximum absolute atomic E-state index is 13.0. The Morgan fingerprint density at radius 3 is 2.47 bits per heavy atom. The summed E-state index contributed by atoms with van der Waals surface area (Å²) in [4.78, 5) is 12.2. The summed E-state index contributed by atoms with van der Waals surface area (Å²) < 4.78 is 43.5. The highest BCUT2D eigenvalue weighted by Crippen LogP contribution is 2.38. The molecule has 0 saturated carbocycles. The second-order valence-corrected chi connectivity index (χ2v) is 4.04. The molecule has 1 N–H and O–H groups in total. The lowest BCUT2D eigenvalue weighted by atomic mass is 10.1. The summed E-state index contributed by atoms with van der Waals surface area (Å²) in [7, 11) is 3.03. The molecule has 1 aromatic carbocycles. The van der Waals surface area contributed by atoms with E-state index in [0.717, 1.165) is 6.07 Å². The largest absolute Gasteiger partial charge is 0.434 e. The normalized spacial score (nSPS) is 11.6. The van der Waals surface area contributed by atoms with Crippen LogP contribution in [0.2, 0.25) is 0 Å². The lowest BCUT2D eigenvalue weighted by molar-refractivity contribution is -0.137. The van der Waals surface area contributed by atoms with Gasteiger partial charge < -0.3 is 9.32 Å². The Kier molecular flexibility index (Phi) is 3.09. The molecule has 0 aliphatic heterocycles.